The number of ether oxygens (including phenoxy) is 1. The van der Waals surface area contributed by atoms with Gasteiger partial charge in [0.1, 0.15) is 0 Å². The number of aromatic nitrogens is 5. The largest absolute Gasteiger partial charge is 0.467 e. The number of anilines is 2. The van der Waals surface area contributed by atoms with Gasteiger partial charge in [-0.15, -0.1) is 10.2 Å². The molecular weight excluding hydrogens is 286 g/mol. The number of hydrogen-bond donors (Lipinski definition) is 1. The van der Waals surface area contributed by atoms with Crippen LogP contribution in [0.25, 0.3) is 0 Å². The van der Waals surface area contributed by atoms with Crippen molar-refractivity contribution in [3.05, 3.63) is 0 Å². The third-order valence-electron chi connectivity index (χ3n) is 1.96. The Labute approximate surface area is 118 Å². The molecule has 19 heavy (non-hydrogen) atoms. The Hall–Kier alpha value is -1.68. The maximum absolute atomic E-state index is 5.02. The molecule has 0 aromatic carbocycles. The fourth-order valence-corrected chi connectivity index (χ4v) is 2.70. The van der Waals surface area contributed by atoms with Crippen molar-refractivity contribution in [3.63, 3.8) is 0 Å². The molecule has 0 saturated carbocycles. The molecule has 10 heteroatoms. The Morgan fingerprint density at radius 3 is 2.58 bits per heavy atom. The van der Waals surface area contributed by atoms with Gasteiger partial charge in [0.15, 0.2) is 4.34 Å². The van der Waals surface area contributed by atoms with Gasteiger partial charge in [-0.05, 0) is 11.8 Å². The fourth-order valence-electron chi connectivity index (χ4n) is 1.09. The normalized spacial score (nSPS) is 10.3. The number of rotatable bonds is 5. The van der Waals surface area contributed by atoms with E-state index in [1.165, 1.54) is 30.2 Å². The van der Waals surface area contributed by atoms with E-state index >= 15 is 0 Å². The number of methoxy groups -OCH3 is 1. The molecule has 2 heterocycles. The fraction of sp³-hybridized carbons (Fsp3) is 0.444. The lowest BCUT2D eigenvalue weighted by Gasteiger charge is -2.04. The predicted molar refractivity (Wildman–Crippen MR) is 74.3 cm³/mol. The van der Waals surface area contributed by atoms with Crippen molar-refractivity contribution in [2.24, 2.45) is 0 Å². The van der Waals surface area contributed by atoms with Crippen molar-refractivity contribution in [1.29, 1.82) is 0 Å². The molecule has 0 amide bonds. The predicted octanol–water partition coefficient (Wildman–Crippen LogP) is 0.991. The zero-order chi connectivity index (χ0) is 13.8. The third kappa shape index (κ3) is 3.41. The maximum atomic E-state index is 5.02. The van der Waals surface area contributed by atoms with Crippen molar-refractivity contribution < 1.29 is 4.74 Å². The molecule has 102 valence electrons. The molecule has 0 fully saturated rings. The second-order valence-electron chi connectivity index (χ2n) is 3.53. The quantitative estimate of drug-likeness (QED) is 0.868. The Balaban J connectivity index is 2.21. The number of hydrogen-bond acceptors (Lipinski definition) is 10. The lowest BCUT2D eigenvalue weighted by atomic mass is 10.9. The molecule has 0 atom stereocenters. The first-order valence-electron chi connectivity index (χ1n) is 5.29. The van der Waals surface area contributed by atoms with E-state index in [1.807, 2.05) is 19.0 Å². The molecule has 0 aliphatic rings. The summed E-state index contributed by atoms with van der Waals surface area (Å²) in [6.07, 6.45) is 0. The summed E-state index contributed by atoms with van der Waals surface area (Å²) in [6.45, 7) is 0. The molecule has 0 bridgehead atoms. The van der Waals surface area contributed by atoms with Gasteiger partial charge in [-0.1, -0.05) is 11.3 Å². The van der Waals surface area contributed by atoms with E-state index in [2.05, 4.69) is 30.5 Å². The zero-order valence-corrected chi connectivity index (χ0v) is 12.5. The molecule has 0 aliphatic heterocycles. The molecule has 0 radical (unpaired) electrons. The summed E-state index contributed by atoms with van der Waals surface area (Å²) in [4.78, 5) is 14.3. The lowest BCUT2D eigenvalue weighted by Crippen LogP contribution is -2.07. The highest BCUT2D eigenvalue weighted by molar-refractivity contribution is 8.00. The minimum atomic E-state index is 0.263. The van der Waals surface area contributed by atoms with E-state index in [9.17, 15) is 0 Å². The monoisotopic (exact) mass is 299 g/mol. The van der Waals surface area contributed by atoms with Gasteiger partial charge in [0.25, 0.3) is 0 Å². The van der Waals surface area contributed by atoms with Crippen molar-refractivity contribution in [2.75, 3.05) is 38.5 Å². The second kappa shape index (κ2) is 5.97. The van der Waals surface area contributed by atoms with Gasteiger partial charge in [0.05, 0.1) is 7.11 Å². The Bertz CT molecular complexity index is 537. The summed E-state index contributed by atoms with van der Waals surface area (Å²) in [5, 5.41) is 12.3. The standard InChI is InChI=1S/C9H13N7OS2/c1-10-5-11-6(17-4)13-7(12-5)18-9-15-14-8(19-9)16(2)3/h1-4H3,(H,10,11,12,13). The van der Waals surface area contributed by atoms with Crippen LogP contribution >= 0.6 is 23.1 Å². The van der Waals surface area contributed by atoms with Crippen LogP contribution in [0.4, 0.5) is 11.1 Å². The molecule has 1 N–H and O–H groups in total. The average molecular weight is 299 g/mol. The molecule has 2 rings (SSSR count). The number of nitrogens with one attached hydrogen (secondary N) is 1. The van der Waals surface area contributed by atoms with Gasteiger partial charge < -0.3 is 15.0 Å². The van der Waals surface area contributed by atoms with E-state index in [0.717, 1.165) is 9.47 Å². The van der Waals surface area contributed by atoms with Crippen LogP contribution in [-0.2, 0) is 0 Å². The van der Waals surface area contributed by atoms with Gasteiger partial charge in [0.2, 0.25) is 16.2 Å². The van der Waals surface area contributed by atoms with E-state index in [-0.39, 0.29) is 6.01 Å². The third-order valence-corrected chi connectivity index (χ3v) is 3.96. The second-order valence-corrected chi connectivity index (χ2v) is 5.70. The summed E-state index contributed by atoms with van der Waals surface area (Å²) in [7, 11) is 7.08. The minimum absolute atomic E-state index is 0.263. The summed E-state index contributed by atoms with van der Waals surface area (Å²) in [5.41, 5.74) is 0. The topological polar surface area (TPSA) is 89.0 Å². The summed E-state index contributed by atoms with van der Waals surface area (Å²) in [6, 6.07) is 0.263. The molecular formula is C9H13N7OS2. The number of nitrogens with zero attached hydrogens (tertiary/aromatic N) is 6. The Morgan fingerprint density at radius 1 is 1.21 bits per heavy atom. The average Bonchev–Trinajstić information content (AvgIpc) is 2.87. The molecule has 8 nitrogen and oxygen atoms in total. The van der Waals surface area contributed by atoms with Gasteiger partial charge in [-0.3, -0.25) is 0 Å². The van der Waals surface area contributed by atoms with Crippen LogP contribution in [0.3, 0.4) is 0 Å². The Morgan fingerprint density at radius 2 is 2.00 bits per heavy atom. The van der Waals surface area contributed by atoms with Crippen molar-refractivity contribution in [3.8, 4) is 6.01 Å². The van der Waals surface area contributed by atoms with Crippen LogP contribution in [0.5, 0.6) is 6.01 Å². The van der Waals surface area contributed by atoms with Gasteiger partial charge in [-0.2, -0.15) is 15.0 Å². The first-order chi connectivity index (χ1) is 9.12. The summed E-state index contributed by atoms with van der Waals surface area (Å²) < 4.78 is 5.79. The highest BCUT2D eigenvalue weighted by atomic mass is 32.2. The van der Waals surface area contributed by atoms with E-state index in [1.54, 1.807) is 7.05 Å². The Kier molecular flexibility index (Phi) is 4.32. The molecule has 0 spiro atoms. The molecule has 0 aliphatic carbocycles. The van der Waals surface area contributed by atoms with Crippen LogP contribution in [0.2, 0.25) is 0 Å². The smallest absolute Gasteiger partial charge is 0.321 e. The van der Waals surface area contributed by atoms with E-state index in [4.69, 9.17) is 4.74 Å². The molecule has 2 aromatic rings. The van der Waals surface area contributed by atoms with E-state index in [0.29, 0.717) is 11.1 Å². The summed E-state index contributed by atoms with van der Waals surface area (Å²) in [5.74, 6) is 0.451. The molecule has 0 saturated heterocycles. The van der Waals surface area contributed by atoms with Gasteiger partial charge in [-0.25, -0.2) is 0 Å². The highest BCUT2D eigenvalue weighted by Gasteiger charge is 2.12. The van der Waals surface area contributed by atoms with Crippen LogP contribution < -0.4 is 15.0 Å². The first-order valence-corrected chi connectivity index (χ1v) is 6.92. The van der Waals surface area contributed by atoms with Crippen molar-refractivity contribution in [1.82, 2.24) is 25.1 Å². The highest BCUT2D eigenvalue weighted by Crippen LogP contribution is 2.31. The van der Waals surface area contributed by atoms with Crippen molar-refractivity contribution >= 4 is 34.2 Å². The van der Waals surface area contributed by atoms with Gasteiger partial charge in [0, 0.05) is 21.1 Å². The molecule has 0 unspecified atom stereocenters. The SMILES string of the molecule is CNc1nc(OC)nc(Sc2nnc(N(C)C)s2)n1. The van der Waals surface area contributed by atoms with Crippen LogP contribution in [0, 0.1) is 0 Å². The molecule has 2 aromatic heterocycles. The lowest BCUT2D eigenvalue weighted by molar-refractivity contribution is 0.374. The van der Waals surface area contributed by atoms with Crippen LogP contribution in [0.1, 0.15) is 0 Å². The summed E-state index contributed by atoms with van der Waals surface area (Å²) >= 11 is 2.79. The van der Waals surface area contributed by atoms with Crippen LogP contribution in [-0.4, -0.2) is 53.4 Å². The maximum Gasteiger partial charge on any atom is 0.321 e. The van der Waals surface area contributed by atoms with Gasteiger partial charge >= 0.3 is 6.01 Å². The van der Waals surface area contributed by atoms with Crippen molar-refractivity contribution in [2.45, 2.75) is 9.50 Å². The zero-order valence-electron chi connectivity index (χ0n) is 10.9. The van der Waals surface area contributed by atoms with Crippen LogP contribution in [0.15, 0.2) is 9.50 Å². The first kappa shape index (κ1) is 13.7. The minimum Gasteiger partial charge on any atom is -0.467 e. The van der Waals surface area contributed by atoms with E-state index < -0.39 is 0 Å².